The molecule has 3 aromatic carbocycles. The van der Waals surface area contributed by atoms with Crippen molar-refractivity contribution in [2.24, 2.45) is 0 Å². The second kappa shape index (κ2) is 13.4. The van der Waals surface area contributed by atoms with Crippen LogP contribution in [0.25, 0.3) is 0 Å². The Kier molecular flexibility index (Phi) is 9.72. The molecular weight excluding hydrogens is 478 g/mol. The van der Waals surface area contributed by atoms with Crippen LogP contribution in [0, 0.1) is 10.1 Å². The molecule has 1 aliphatic heterocycles. The minimum atomic E-state index is -0.826. The number of hydrogen-bond acceptors (Lipinski definition) is 8. The molecule has 37 heavy (non-hydrogen) atoms. The van der Waals surface area contributed by atoms with E-state index >= 15 is 0 Å². The van der Waals surface area contributed by atoms with Crippen LogP contribution >= 0.6 is 0 Å². The van der Waals surface area contributed by atoms with Gasteiger partial charge in [0.2, 0.25) is 0 Å². The van der Waals surface area contributed by atoms with Crippen molar-refractivity contribution in [2.75, 3.05) is 13.7 Å². The van der Waals surface area contributed by atoms with Crippen LogP contribution in [0.5, 0.6) is 0 Å². The van der Waals surface area contributed by atoms with Gasteiger partial charge in [-0.25, -0.2) is 0 Å². The fraction of sp³-hybridized carbons (Fsp3) is 0.357. The molecule has 1 N–H and O–H groups in total. The topological polar surface area (TPSA) is 110 Å². The lowest BCUT2D eigenvalue weighted by molar-refractivity contribution is -0.386. The van der Waals surface area contributed by atoms with Gasteiger partial charge in [-0.3, -0.25) is 10.1 Å². The third-order valence-electron chi connectivity index (χ3n) is 6.19. The fourth-order valence-electron chi connectivity index (χ4n) is 4.31. The molecule has 0 spiro atoms. The predicted molar refractivity (Wildman–Crippen MR) is 134 cm³/mol. The zero-order chi connectivity index (χ0) is 26.0. The average Bonchev–Trinajstić information content (AvgIpc) is 2.94. The van der Waals surface area contributed by atoms with Gasteiger partial charge in [-0.2, -0.15) is 0 Å². The molecule has 0 saturated carbocycles. The van der Waals surface area contributed by atoms with Crippen molar-refractivity contribution in [3.05, 3.63) is 112 Å². The molecule has 0 amide bonds. The molecule has 5 atom stereocenters. The van der Waals surface area contributed by atoms with Gasteiger partial charge in [0.1, 0.15) is 24.4 Å². The molecule has 9 heteroatoms. The van der Waals surface area contributed by atoms with Crippen LogP contribution in [0.4, 0.5) is 5.69 Å². The zero-order valence-corrected chi connectivity index (χ0v) is 20.6. The van der Waals surface area contributed by atoms with Crippen molar-refractivity contribution >= 4 is 5.69 Å². The maximum absolute atomic E-state index is 11.5. The highest BCUT2D eigenvalue weighted by Gasteiger charge is 2.48. The van der Waals surface area contributed by atoms with Crippen molar-refractivity contribution in [3.63, 3.8) is 0 Å². The summed E-state index contributed by atoms with van der Waals surface area (Å²) < 4.78 is 30.4. The van der Waals surface area contributed by atoms with Crippen molar-refractivity contribution in [2.45, 2.75) is 50.5 Å². The van der Waals surface area contributed by atoms with Crippen molar-refractivity contribution < 1.29 is 33.7 Å². The number of para-hydroxylation sites is 1. The van der Waals surface area contributed by atoms with Gasteiger partial charge in [-0.15, -0.1) is 0 Å². The number of nitrogens with zero attached hydrogens (tertiary/aromatic N) is 1. The van der Waals surface area contributed by atoms with E-state index in [2.05, 4.69) is 0 Å². The predicted octanol–water partition coefficient (Wildman–Crippen LogP) is 4.01. The maximum Gasteiger partial charge on any atom is 0.274 e. The highest BCUT2D eigenvalue weighted by Crippen LogP contribution is 2.31. The van der Waals surface area contributed by atoms with E-state index in [1.54, 1.807) is 18.2 Å². The first-order valence-electron chi connectivity index (χ1n) is 12.0. The summed E-state index contributed by atoms with van der Waals surface area (Å²) in [6, 6.07) is 25.7. The summed E-state index contributed by atoms with van der Waals surface area (Å²) in [6.45, 7) is 0.102. The lowest BCUT2D eigenvalue weighted by Gasteiger charge is -2.45. The number of benzene rings is 3. The molecule has 0 unspecified atom stereocenters. The largest absolute Gasteiger partial charge is 0.394 e. The second-order valence-electron chi connectivity index (χ2n) is 8.65. The van der Waals surface area contributed by atoms with E-state index in [-0.39, 0.29) is 32.1 Å². The standard InChI is InChI=1S/C28H31NO8/c1-33-28-27(35-18-21-12-6-3-7-13-21)26(34-17-20-10-4-2-5-11-20)25(24(16-30)37-28)36-19-22-14-8-9-15-23(22)29(31)32/h2-15,24-28,30H,16-19H2,1H3/t24-,25-,26+,27-,28+/m1/s1. The summed E-state index contributed by atoms with van der Waals surface area (Å²) >= 11 is 0. The number of methoxy groups -OCH3 is 1. The Morgan fingerprint density at radius 2 is 1.32 bits per heavy atom. The van der Waals surface area contributed by atoms with Gasteiger partial charge in [0, 0.05) is 13.2 Å². The lowest BCUT2D eigenvalue weighted by Crippen LogP contribution is -2.61. The Morgan fingerprint density at radius 3 is 1.89 bits per heavy atom. The van der Waals surface area contributed by atoms with Gasteiger partial charge in [-0.1, -0.05) is 72.8 Å². The van der Waals surface area contributed by atoms with Crippen molar-refractivity contribution in [1.82, 2.24) is 0 Å². The van der Waals surface area contributed by atoms with Crippen LogP contribution in [0.1, 0.15) is 16.7 Å². The zero-order valence-electron chi connectivity index (χ0n) is 20.6. The first-order valence-corrected chi connectivity index (χ1v) is 12.0. The number of aliphatic hydroxyl groups is 1. The van der Waals surface area contributed by atoms with Crippen LogP contribution in [0.15, 0.2) is 84.9 Å². The number of nitro groups is 1. The Balaban J connectivity index is 1.59. The Labute approximate surface area is 215 Å². The van der Waals surface area contributed by atoms with Crippen LogP contribution in [0.2, 0.25) is 0 Å². The lowest BCUT2D eigenvalue weighted by atomic mass is 9.98. The molecular formula is C28H31NO8. The normalized spacial score (nSPS) is 23.6. The Bertz CT molecular complexity index is 1110. The van der Waals surface area contributed by atoms with E-state index in [0.29, 0.717) is 5.56 Å². The molecule has 196 valence electrons. The van der Waals surface area contributed by atoms with Crippen molar-refractivity contribution in [1.29, 1.82) is 0 Å². The minimum absolute atomic E-state index is 0.0480. The van der Waals surface area contributed by atoms with Gasteiger partial charge in [-0.05, 0) is 17.2 Å². The molecule has 0 bridgehead atoms. The molecule has 4 rings (SSSR count). The first kappa shape index (κ1) is 26.9. The van der Waals surface area contributed by atoms with E-state index < -0.39 is 35.6 Å². The smallest absolute Gasteiger partial charge is 0.274 e. The van der Waals surface area contributed by atoms with Gasteiger partial charge in [0.15, 0.2) is 6.29 Å². The van der Waals surface area contributed by atoms with Crippen LogP contribution < -0.4 is 0 Å². The molecule has 1 saturated heterocycles. The summed E-state index contributed by atoms with van der Waals surface area (Å²) in [6.07, 6.45) is -3.83. The summed E-state index contributed by atoms with van der Waals surface area (Å²) in [5.41, 5.74) is 2.26. The van der Waals surface area contributed by atoms with Gasteiger partial charge in [0.05, 0.1) is 36.9 Å². The van der Waals surface area contributed by atoms with Gasteiger partial charge in [0.25, 0.3) is 5.69 Å². The molecule has 0 radical (unpaired) electrons. The Hall–Kier alpha value is -3.18. The molecule has 0 aromatic heterocycles. The molecule has 0 aliphatic carbocycles. The molecule has 1 fully saturated rings. The summed E-state index contributed by atoms with van der Waals surface area (Å²) in [5.74, 6) is 0. The van der Waals surface area contributed by atoms with E-state index in [9.17, 15) is 15.2 Å². The van der Waals surface area contributed by atoms with Crippen molar-refractivity contribution in [3.8, 4) is 0 Å². The fourth-order valence-corrected chi connectivity index (χ4v) is 4.31. The van der Waals surface area contributed by atoms with E-state index in [0.717, 1.165) is 11.1 Å². The third-order valence-corrected chi connectivity index (χ3v) is 6.19. The molecule has 9 nitrogen and oxygen atoms in total. The maximum atomic E-state index is 11.5. The van der Waals surface area contributed by atoms with E-state index in [4.69, 9.17) is 23.7 Å². The highest BCUT2D eigenvalue weighted by atomic mass is 16.7. The average molecular weight is 510 g/mol. The molecule has 1 aliphatic rings. The molecule has 1 heterocycles. The Morgan fingerprint density at radius 1 is 0.784 bits per heavy atom. The first-order chi connectivity index (χ1) is 18.1. The van der Waals surface area contributed by atoms with Crippen LogP contribution in [-0.2, 0) is 43.5 Å². The number of nitro benzene ring substituents is 1. The summed E-state index contributed by atoms with van der Waals surface area (Å²) in [7, 11) is 1.50. The van der Waals surface area contributed by atoms with E-state index in [1.165, 1.54) is 13.2 Å². The van der Waals surface area contributed by atoms with Crippen LogP contribution in [0.3, 0.4) is 0 Å². The number of hydrogen-bond donors (Lipinski definition) is 1. The number of rotatable bonds is 12. The summed E-state index contributed by atoms with van der Waals surface area (Å²) in [4.78, 5) is 11.0. The highest BCUT2D eigenvalue weighted by molar-refractivity contribution is 5.39. The SMILES string of the molecule is CO[C@H]1O[C@H](CO)[C@@H](OCc2ccccc2[N+](=O)[O-])[C@H](OCc2ccccc2)[C@H]1OCc1ccccc1. The van der Waals surface area contributed by atoms with Gasteiger partial charge < -0.3 is 28.8 Å². The number of ether oxygens (including phenoxy) is 5. The van der Waals surface area contributed by atoms with E-state index in [1.807, 2.05) is 60.7 Å². The summed E-state index contributed by atoms with van der Waals surface area (Å²) in [5, 5.41) is 21.6. The van der Waals surface area contributed by atoms with Gasteiger partial charge >= 0.3 is 0 Å². The molecule has 3 aromatic rings. The monoisotopic (exact) mass is 509 g/mol. The third kappa shape index (κ3) is 6.98. The number of aliphatic hydroxyl groups excluding tert-OH is 1. The second-order valence-corrected chi connectivity index (χ2v) is 8.65. The quantitative estimate of drug-likeness (QED) is 0.288. The van der Waals surface area contributed by atoms with Crippen LogP contribution in [-0.4, -0.2) is 54.5 Å². The minimum Gasteiger partial charge on any atom is -0.394 e.